The highest BCUT2D eigenvalue weighted by Crippen LogP contribution is 2.10. The van der Waals surface area contributed by atoms with Crippen molar-refractivity contribution in [3.8, 4) is 0 Å². The van der Waals surface area contributed by atoms with Crippen molar-refractivity contribution in [3.63, 3.8) is 0 Å². The van der Waals surface area contributed by atoms with E-state index in [1.807, 2.05) is 6.07 Å². The Morgan fingerprint density at radius 2 is 1.94 bits per heavy atom. The fourth-order valence-corrected chi connectivity index (χ4v) is 2.65. The van der Waals surface area contributed by atoms with Crippen LogP contribution in [0.25, 0.3) is 0 Å². The largest absolute Gasteiger partial charge is 0.480 e. The summed E-state index contributed by atoms with van der Waals surface area (Å²) in [7, 11) is 0. The van der Waals surface area contributed by atoms with Crippen molar-refractivity contribution < 1.29 is 9.90 Å². The maximum Gasteiger partial charge on any atom is 0.320 e. The van der Waals surface area contributed by atoms with E-state index in [0.29, 0.717) is 6.42 Å². The molecule has 0 aliphatic heterocycles. The van der Waals surface area contributed by atoms with Gasteiger partial charge in [-0.05, 0) is 42.8 Å². The van der Waals surface area contributed by atoms with E-state index in [2.05, 4.69) is 24.3 Å². The number of aryl methyl sites for hydroxylation is 1. The Labute approximate surface area is 113 Å². The van der Waals surface area contributed by atoms with Crippen molar-refractivity contribution in [1.82, 2.24) is 0 Å². The molecule has 1 unspecified atom stereocenters. The van der Waals surface area contributed by atoms with Crippen LogP contribution in [0, 0.1) is 0 Å². The second-order valence-corrected chi connectivity index (χ2v) is 5.51. The molecule has 4 heteroatoms. The fraction of sp³-hybridized carbons (Fsp3) is 0.500. The first-order chi connectivity index (χ1) is 8.70. The molecule has 1 aromatic rings. The predicted molar refractivity (Wildman–Crippen MR) is 76.9 cm³/mol. The number of benzene rings is 1. The molecule has 0 aromatic heterocycles. The van der Waals surface area contributed by atoms with E-state index in [9.17, 15) is 4.79 Å². The van der Waals surface area contributed by atoms with Crippen molar-refractivity contribution in [3.05, 3.63) is 35.9 Å². The molecule has 0 aliphatic rings. The van der Waals surface area contributed by atoms with Gasteiger partial charge in [-0.25, -0.2) is 0 Å². The fourth-order valence-electron chi connectivity index (χ4n) is 1.61. The third-order valence-corrected chi connectivity index (χ3v) is 3.84. The van der Waals surface area contributed by atoms with E-state index < -0.39 is 12.0 Å². The van der Waals surface area contributed by atoms with Gasteiger partial charge >= 0.3 is 5.97 Å². The molecule has 1 aromatic carbocycles. The Morgan fingerprint density at radius 1 is 1.22 bits per heavy atom. The summed E-state index contributed by atoms with van der Waals surface area (Å²) in [4.78, 5) is 10.5. The lowest BCUT2D eigenvalue weighted by Gasteiger charge is -2.05. The molecule has 0 aliphatic carbocycles. The molecule has 0 saturated carbocycles. The molecule has 0 heterocycles. The number of hydrogen-bond acceptors (Lipinski definition) is 3. The molecule has 0 saturated heterocycles. The molecule has 1 atom stereocenters. The van der Waals surface area contributed by atoms with Crippen molar-refractivity contribution in [2.24, 2.45) is 5.73 Å². The molecular formula is C14H21NO2S. The smallest absolute Gasteiger partial charge is 0.320 e. The summed E-state index contributed by atoms with van der Waals surface area (Å²) in [6.07, 6.45) is 4.03. The standard InChI is InChI=1S/C14H21NO2S/c15-13(14(16)17)9-11-18-10-5-4-8-12-6-2-1-3-7-12/h1-3,6-7,13H,4-5,8-11,15H2,(H,16,17). The summed E-state index contributed by atoms with van der Waals surface area (Å²) in [5, 5.41) is 8.61. The van der Waals surface area contributed by atoms with Crippen molar-refractivity contribution in [1.29, 1.82) is 0 Å². The van der Waals surface area contributed by atoms with E-state index in [4.69, 9.17) is 10.8 Å². The number of carbonyl (C=O) groups is 1. The maximum atomic E-state index is 10.5. The van der Waals surface area contributed by atoms with E-state index in [-0.39, 0.29) is 0 Å². The third-order valence-electron chi connectivity index (χ3n) is 2.74. The molecule has 3 nitrogen and oxygen atoms in total. The number of nitrogens with two attached hydrogens (primary N) is 1. The van der Waals surface area contributed by atoms with Gasteiger partial charge in [-0.1, -0.05) is 30.3 Å². The van der Waals surface area contributed by atoms with Crippen molar-refractivity contribution in [2.45, 2.75) is 31.7 Å². The minimum atomic E-state index is -0.903. The summed E-state index contributed by atoms with van der Waals surface area (Å²) in [5.74, 6) is 1.01. The number of carboxylic acids is 1. The van der Waals surface area contributed by atoms with Crippen LogP contribution in [0.5, 0.6) is 0 Å². The minimum Gasteiger partial charge on any atom is -0.480 e. The zero-order chi connectivity index (χ0) is 13.2. The summed E-state index contributed by atoms with van der Waals surface area (Å²) >= 11 is 1.79. The Morgan fingerprint density at radius 3 is 2.61 bits per heavy atom. The summed E-state index contributed by atoms with van der Waals surface area (Å²) in [5.41, 5.74) is 6.81. The van der Waals surface area contributed by atoms with Crippen LogP contribution in [0.4, 0.5) is 0 Å². The summed E-state index contributed by atoms with van der Waals surface area (Å²) in [6, 6.07) is 9.76. The van der Waals surface area contributed by atoms with Crippen LogP contribution in [0.1, 0.15) is 24.8 Å². The quantitative estimate of drug-likeness (QED) is 0.675. The van der Waals surface area contributed by atoms with Gasteiger partial charge in [-0.3, -0.25) is 4.79 Å². The second-order valence-electron chi connectivity index (χ2n) is 4.29. The number of aliphatic carboxylic acids is 1. The Balaban J connectivity index is 1.95. The lowest BCUT2D eigenvalue weighted by molar-refractivity contribution is -0.138. The van der Waals surface area contributed by atoms with Gasteiger partial charge in [-0.15, -0.1) is 0 Å². The van der Waals surface area contributed by atoms with Gasteiger partial charge in [0.25, 0.3) is 0 Å². The van der Waals surface area contributed by atoms with Crippen LogP contribution in [0.15, 0.2) is 30.3 Å². The first-order valence-electron chi connectivity index (χ1n) is 6.30. The van der Waals surface area contributed by atoms with Crippen LogP contribution in [0.3, 0.4) is 0 Å². The monoisotopic (exact) mass is 267 g/mol. The maximum absolute atomic E-state index is 10.5. The van der Waals surface area contributed by atoms with Gasteiger partial charge in [0.15, 0.2) is 0 Å². The predicted octanol–water partition coefficient (Wildman–Crippen LogP) is 2.54. The summed E-state index contributed by atoms with van der Waals surface area (Å²) in [6.45, 7) is 0. The number of thioether (sulfide) groups is 1. The highest BCUT2D eigenvalue weighted by atomic mass is 32.2. The minimum absolute atomic E-state index is 0.554. The molecule has 100 valence electrons. The van der Waals surface area contributed by atoms with Gasteiger partial charge in [0.2, 0.25) is 0 Å². The first kappa shape index (κ1) is 15.1. The van der Waals surface area contributed by atoms with Gasteiger partial charge in [0.05, 0.1) is 0 Å². The number of rotatable bonds is 9. The molecule has 0 bridgehead atoms. The van der Waals surface area contributed by atoms with Gasteiger partial charge in [0, 0.05) is 0 Å². The highest BCUT2D eigenvalue weighted by molar-refractivity contribution is 7.99. The van der Waals surface area contributed by atoms with E-state index in [1.54, 1.807) is 11.8 Å². The molecule has 0 fully saturated rings. The Bertz CT molecular complexity index is 343. The number of carboxylic acid groups (broad SMARTS) is 1. The lowest BCUT2D eigenvalue weighted by Crippen LogP contribution is -2.30. The number of hydrogen-bond donors (Lipinski definition) is 2. The topological polar surface area (TPSA) is 63.3 Å². The molecule has 18 heavy (non-hydrogen) atoms. The van der Waals surface area contributed by atoms with Crippen LogP contribution in [-0.4, -0.2) is 28.6 Å². The first-order valence-corrected chi connectivity index (χ1v) is 7.45. The van der Waals surface area contributed by atoms with Gasteiger partial charge < -0.3 is 10.8 Å². The Kier molecular flexibility index (Phi) is 7.53. The van der Waals surface area contributed by atoms with Crippen molar-refractivity contribution in [2.75, 3.05) is 11.5 Å². The molecule has 0 spiro atoms. The summed E-state index contributed by atoms with van der Waals surface area (Å²) < 4.78 is 0. The van der Waals surface area contributed by atoms with E-state index in [0.717, 1.165) is 17.9 Å². The van der Waals surface area contributed by atoms with Crippen LogP contribution in [-0.2, 0) is 11.2 Å². The van der Waals surface area contributed by atoms with Crippen LogP contribution >= 0.6 is 11.8 Å². The Hall–Kier alpha value is -1.00. The average Bonchev–Trinajstić information content (AvgIpc) is 2.38. The van der Waals surface area contributed by atoms with Crippen LogP contribution < -0.4 is 5.73 Å². The average molecular weight is 267 g/mol. The SMILES string of the molecule is NC(CCSCCCCc1ccccc1)C(=O)O. The normalized spacial score (nSPS) is 12.3. The van der Waals surface area contributed by atoms with Gasteiger partial charge in [-0.2, -0.15) is 11.8 Å². The highest BCUT2D eigenvalue weighted by Gasteiger charge is 2.09. The molecule has 3 N–H and O–H groups in total. The lowest BCUT2D eigenvalue weighted by atomic mass is 10.1. The second kappa shape index (κ2) is 9.00. The molecule has 1 rings (SSSR count). The number of unbranched alkanes of at least 4 members (excludes halogenated alkanes) is 1. The van der Waals surface area contributed by atoms with Gasteiger partial charge in [0.1, 0.15) is 6.04 Å². The van der Waals surface area contributed by atoms with Crippen molar-refractivity contribution >= 4 is 17.7 Å². The van der Waals surface area contributed by atoms with Crippen LogP contribution in [0.2, 0.25) is 0 Å². The zero-order valence-corrected chi connectivity index (χ0v) is 11.4. The molecule has 0 radical (unpaired) electrons. The zero-order valence-electron chi connectivity index (χ0n) is 10.5. The molecular weight excluding hydrogens is 246 g/mol. The third kappa shape index (κ3) is 6.67. The van der Waals surface area contributed by atoms with E-state index >= 15 is 0 Å². The van der Waals surface area contributed by atoms with E-state index in [1.165, 1.54) is 18.4 Å². The molecule has 0 amide bonds.